The van der Waals surface area contributed by atoms with Crippen LogP contribution < -0.4 is 4.90 Å². The molecule has 1 aromatic heterocycles. The summed E-state index contributed by atoms with van der Waals surface area (Å²) >= 11 is 0. The highest BCUT2D eigenvalue weighted by molar-refractivity contribution is 6.52. The van der Waals surface area contributed by atoms with E-state index in [1.807, 2.05) is 42.9 Å². The standard InChI is InChI=1S/C16H17N3O2/c1-3-11-4-5-13-12(10-11)15(20)16(21)19(13)8-6-14-17-7-9-18(14)2/h4-5,7,9-10H,3,6,8H2,1-2H3. The predicted molar refractivity (Wildman–Crippen MR) is 79.4 cm³/mol. The fourth-order valence-electron chi connectivity index (χ4n) is 2.64. The van der Waals surface area contributed by atoms with Gasteiger partial charge in [0.1, 0.15) is 5.82 Å². The van der Waals surface area contributed by atoms with Crippen LogP contribution in [0.4, 0.5) is 5.69 Å². The number of aromatic nitrogens is 2. The van der Waals surface area contributed by atoms with Gasteiger partial charge in [-0.2, -0.15) is 0 Å². The first-order valence-electron chi connectivity index (χ1n) is 7.07. The van der Waals surface area contributed by atoms with Crippen molar-refractivity contribution in [3.05, 3.63) is 47.5 Å². The quantitative estimate of drug-likeness (QED) is 0.803. The van der Waals surface area contributed by atoms with Gasteiger partial charge in [-0.05, 0) is 24.1 Å². The lowest BCUT2D eigenvalue weighted by Crippen LogP contribution is -2.32. The first kappa shape index (κ1) is 13.5. The molecule has 0 aliphatic carbocycles. The summed E-state index contributed by atoms with van der Waals surface area (Å²) in [7, 11) is 1.92. The largest absolute Gasteiger partial charge is 0.338 e. The molecule has 5 nitrogen and oxygen atoms in total. The molecule has 0 saturated carbocycles. The second-order valence-corrected chi connectivity index (χ2v) is 5.20. The molecule has 0 unspecified atom stereocenters. The number of nitrogens with zero attached hydrogens (tertiary/aromatic N) is 3. The van der Waals surface area contributed by atoms with E-state index in [1.165, 1.54) is 0 Å². The molecule has 2 heterocycles. The zero-order valence-corrected chi connectivity index (χ0v) is 12.2. The third kappa shape index (κ3) is 2.24. The predicted octanol–water partition coefficient (Wildman–Crippen LogP) is 1.75. The summed E-state index contributed by atoms with van der Waals surface area (Å²) < 4.78 is 1.92. The smallest absolute Gasteiger partial charge is 0.299 e. The second kappa shape index (κ2) is 5.16. The van der Waals surface area contributed by atoms with Crippen molar-refractivity contribution in [2.45, 2.75) is 19.8 Å². The third-order valence-corrected chi connectivity index (χ3v) is 3.92. The van der Waals surface area contributed by atoms with Crippen LogP contribution >= 0.6 is 0 Å². The Balaban J connectivity index is 1.86. The van der Waals surface area contributed by atoms with Crippen LogP contribution in [0.2, 0.25) is 0 Å². The highest BCUT2D eigenvalue weighted by atomic mass is 16.2. The molecular formula is C16H17N3O2. The second-order valence-electron chi connectivity index (χ2n) is 5.20. The van der Waals surface area contributed by atoms with Gasteiger partial charge in [-0.3, -0.25) is 9.59 Å². The van der Waals surface area contributed by atoms with Crippen LogP contribution in [0.5, 0.6) is 0 Å². The Bertz CT molecular complexity index is 718. The van der Waals surface area contributed by atoms with E-state index in [0.29, 0.717) is 18.5 Å². The van der Waals surface area contributed by atoms with Gasteiger partial charge in [0, 0.05) is 32.4 Å². The molecule has 0 spiro atoms. The summed E-state index contributed by atoms with van der Waals surface area (Å²) in [6.07, 6.45) is 5.07. The molecule has 1 aliphatic heterocycles. The summed E-state index contributed by atoms with van der Waals surface area (Å²) in [5.74, 6) is 0.0569. The zero-order chi connectivity index (χ0) is 15.0. The number of ketones is 1. The molecule has 1 amide bonds. The molecule has 0 saturated heterocycles. The van der Waals surface area contributed by atoms with Crippen molar-refractivity contribution in [3.63, 3.8) is 0 Å². The van der Waals surface area contributed by atoms with E-state index in [9.17, 15) is 9.59 Å². The lowest BCUT2D eigenvalue weighted by atomic mass is 10.1. The number of imidazole rings is 1. The van der Waals surface area contributed by atoms with Crippen molar-refractivity contribution < 1.29 is 9.59 Å². The molecule has 21 heavy (non-hydrogen) atoms. The number of fused-ring (bicyclic) bond motifs is 1. The number of hydrogen-bond donors (Lipinski definition) is 0. The van der Waals surface area contributed by atoms with Crippen LogP contribution in [0.15, 0.2) is 30.6 Å². The first-order valence-corrected chi connectivity index (χ1v) is 7.07. The number of anilines is 1. The van der Waals surface area contributed by atoms with E-state index < -0.39 is 11.7 Å². The van der Waals surface area contributed by atoms with Gasteiger partial charge < -0.3 is 9.47 Å². The maximum absolute atomic E-state index is 12.2. The van der Waals surface area contributed by atoms with E-state index in [1.54, 1.807) is 11.1 Å². The molecule has 0 bridgehead atoms. The SMILES string of the molecule is CCc1ccc2c(c1)C(=O)C(=O)N2CCc1nccn1C. The van der Waals surface area contributed by atoms with E-state index >= 15 is 0 Å². The molecule has 5 heteroatoms. The van der Waals surface area contributed by atoms with Gasteiger partial charge in [-0.1, -0.05) is 13.0 Å². The zero-order valence-electron chi connectivity index (χ0n) is 12.2. The Hall–Kier alpha value is -2.43. The monoisotopic (exact) mass is 283 g/mol. The van der Waals surface area contributed by atoms with Crippen LogP contribution in [0, 0.1) is 0 Å². The van der Waals surface area contributed by atoms with E-state index in [0.717, 1.165) is 23.5 Å². The molecule has 108 valence electrons. The Morgan fingerprint density at radius 1 is 1.24 bits per heavy atom. The molecule has 1 aliphatic rings. The van der Waals surface area contributed by atoms with Crippen molar-refractivity contribution in [2.24, 2.45) is 7.05 Å². The maximum atomic E-state index is 12.2. The number of carbonyl (C=O) groups excluding carboxylic acids is 2. The Labute approximate surface area is 123 Å². The number of amides is 1. The van der Waals surface area contributed by atoms with Gasteiger partial charge in [0.05, 0.1) is 11.3 Å². The first-order chi connectivity index (χ1) is 10.1. The number of aryl methyl sites for hydroxylation is 2. The lowest BCUT2D eigenvalue weighted by Gasteiger charge is -2.16. The van der Waals surface area contributed by atoms with Crippen LogP contribution in [-0.4, -0.2) is 27.8 Å². The lowest BCUT2D eigenvalue weighted by molar-refractivity contribution is -0.114. The minimum atomic E-state index is -0.438. The van der Waals surface area contributed by atoms with Crippen molar-refractivity contribution in [3.8, 4) is 0 Å². The van der Waals surface area contributed by atoms with Crippen LogP contribution in [0.3, 0.4) is 0 Å². The molecule has 0 radical (unpaired) electrons. The summed E-state index contributed by atoms with van der Waals surface area (Å²) in [6.45, 7) is 2.50. The minimum absolute atomic E-state index is 0.403. The van der Waals surface area contributed by atoms with Crippen molar-refractivity contribution >= 4 is 17.4 Å². The molecular weight excluding hydrogens is 266 g/mol. The Morgan fingerprint density at radius 3 is 2.71 bits per heavy atom. The van der Waals surface area contributed by atoms with Gasteiger partial charge in [0.2, 0.25) is 0 Å². The number of benzene rings is 1. The summed E-state index contributed by atoms with van der Waals surface area (Å²) in [6, 6.07) is 5.67. The van der Waals surface area contributed by atoms with Crippen molar-refractivity contribution in [1.82, 2.24) is 9.55 Å². The fourth-order valence-corrected chi connectivity index (χ4v) is 2.64. The third-order valence-electron chi connectivity index (χ3n) is 3.92. The summed E-state index contributed by atoms with van der Waals surface area (Å²) in [4.78, 5) is 30.1. The van der Waals surface area contributed by atoms with Crippen molar-refractivity contribution in [2.75, 3.05) is 11.4 Å². The van der Waals surface area contributed by atoms with Gasteiger partial charge in [0.15, 0.2) is 0 Å². The van der Waals surface area contributed by atoms with E-state index in [-0.39, 0.29) is 0 Å². The molecule has 0 N–H and O–H groups in total. The average Bonchev–Trinajstić information content (AvgIpc) is 3.00. The molecule has 2 aromatic rings. The van der Waals surface area contributed by atoms with Gasteiger partial charge in [0.25, 0.3) is 11.7 Å². The normalized spacial score (nSPS) is 13.9. The van der Waals surface area contributed by atoms with Crippen LogP contribution in [0.1, 0.15) is 28.7 Å². The molecule has 3 rings (SSSR count). The number of carbonyl (C=O) groups is 2. The molecule has 0 atom stereocenters. The van der Waals surface area contributed by atoms with E-state index in [2.05, 4.69) is 4.98 Å². The summed E-state index contributed by atoms with van der Waals surface area (Å²) in [5.41, 5.74) is 2.32. The fraction of sp³-hybridized carbons (Fsp3) is 0.312. The summed E-state index contributed by atoms with van der Waals surface area (Å²) in [5, 5.41) is 0. The van der Waals surface area contributed by atoms with Gasteiger partial charge in [-0.15, -0.1) is 0 Å². The maximum Gasteiger partial charge on any atom is 0.299 e. The van der Waals surface area contributed by atoms with E-state index in [4.69, 9.17) is 0 Å². The highest BCUT2D eigenvalue weighted by Crippen LogP contribution is 2.30. The molecule has 1 aromatic carbocycles. The topological polar surface area (TPSA) is 55.2 Å². The van der Waals surface area contributed by atoms with Crippen molar-refractivity contribution in [1.29, 1.82) is 0 Å². The Kier molecular flexibility index (Phi) is 3.33. The minimum Gasteiger partial charge on any atom is -0.338 e. The average molecular weight is 283 g/mol. The molecule has 0 fully saturated rings. The Morgan fingerprint density at radius 2 is 2.05 bits per heavy atom. The van der Waals surface area contributed by atoms with Gasteiger partial charge in [-0.25, -0.2) is 4.98 Å². The highest BCUT2D eigenvalue weighted by Gasteiger charge is 2.35. The van der Waals surface area contributed by atoms with Crippen LogP contribution in [0.25, 0.3) is 0 Å². The number of Topliss-reactive ketones (excluding diaryl/α,β-unsaturated/α-hetero) is 1. The van der Waals surface area contributed by atoms with Crippen LogP contribution in [-0.2, 0) is 24.7 Å². The number of hydrogen-bond acceptors (Lipinski definition) is 3. The number of rotatable bonds is 4. The van der Waals surface area contributed by atoms with Gasteiger partial charge >= 0.3 is 0 Å².